The maximum absolute atomic E-state index is 13.0. The molecule has 1 aromatic rings. The molecular formula is C8H5BrFNS. The quantitative estimate of drug-likeness (QED) is 0.442. The van der Waals surface area contributed by atoms with Gasteiger partial charge < -0.3 is 0 Å². The summed E-state index contributed by atoms with van der Waals surface area (Å²) in [6.07, 6.45) is 0. The van der Waals surface area contributed by atoms with Crippen molar-refractivity contribution >= 4 is 39.0 Å². The van der Waals surface area contributed by atoms with Gasteiger partial charge in [-0.25, -0.2) is 4.39 Å². The molecule has 0 unspecified atom stereocenters. The summed E-state index contributed by atoms with van der Waals surface area (Å²) in [6.45, 7) is 0. The van der Waals surface area contributed by atoms with Gasteiger partial charge in [-0.1, -0.05) is 22.0 Å². The van der Waals surface area contributed by atoms with Crippen molar-refractivity contribution in [2.75, 3.05) is 0 Å². The van der Waals surface area contributed by atoms with Crippen LogP contribution in [0.2, 0.25) is 0 Å². The van der Waals surface area contributed by atoms with Crippen LogP contribution in [-0.2, 0) is 5.33 Å². The fraction of sp³-hybridized carbons (Fsp3) is 0.125. The van der Waals surface area contributed by atoms with Crippen molar-refractivity contribution in [2.45, 2.75) is 5.33 Å². The van der Waals surface area contributed by atoms with E-state index in [-0.39, 0.29) is 11.5 Å². The van der Waals surface area contributed by atoms with Crippen LogP contribution in [0, 0.1) is 5.82 Å². The van der Waals surface area contributed by atoms with Crippen LogP contribution in [0.15, 0.2) is 23.2 Å². The van der Waals surface area contributed by atoms with Crippen LogP contribution in [0.4, 0.5) is 10.1 Å². The zero-order chi connectivity index (χ0) is 8.97. The van der Waals surface area contributed by atoms with E-state index in [2.05, 4.69) is 38.3 Å². The predicted molar refractivity (Wildman–Crippen MR) is 53.7 cm³/mol. The minimum absolute atomic E-state index is 0.231. The molecule has 0 amide bonds. The minimum atomic E-state index is -0.371. The molecule has 0 saturated heterocycles. The topological polar surface area (TPSA) is 12.4 Å². The Labute approximate surface area is 83.4 Å². The molecule has 0 radical (unpaired) electrons. The van der Waals surface area contributed by atoms with Crippen molar-refractivity contribution in [2.24, 2.45) is 4.99 Å². The SMILES string of the molecule is Fc1cc(CBr)ccc1N=C=S. The summed E-state index contributed by atoms with van der Waals surface area (Å²) in [4.78, 5) is 3.56. The van der Waals surface area contributed by atoms with Gasteiger partial charge in [0.05, 0.1) is 5.16 Å². The molecule has 12 heavy (non-hydrogen) atoms. The van der Waals surface area contributed by atoms with Crippen LogP contribution < -0.4 is 0 Å². The Bertz CT molecular complexity index is 334. The number of thiocarbonyl (C=S) groups is 1. The highest BCUT2D eigenvalue weighted by atomic mass is 79.9. The lowest BCUT2D eigenvalue weighted by molar-refractivity contribution is 0.629. The molecule has 0 aliphatic rings. The zero-order valence-electron chi connectivity index (χ0n) is 6.05. The first kappa shape index (κ1) is 9.52. The molecule has 0 aliphatic heterocycles. The van der Waals surface area contributed by atoms with Gasteiger partial charge in [-0.2, -0.15) is 4.99 Å². The van der Waals surface area contributed by atoms with Crippen LogP contribution in [0.5, 0.6) is 0 Å². The van der Waals surface area contributed by atoms with Gasteiger partial charge in [-0.05, 0) is 29.9 Å². The second-order valence-electron chi connectivity index (χ2n) is 2.12. The number of aliphatic imine (C=N–C) groups is 1. The van der Waals surface area contributed by atoms with Crippen LogP contribution in [0.25, 0.3) is 0 Å². The second kappa shape index (κ2) is 4.45. The van der Waals surface area contributed by atoms with Crippen molar-refractivity contribution < 1.29 is 4.39 Å². The van der Waals surface area contributed by atoms with E-state index in [1.807, 2.05) is 0 Å². The van der Waals surface area contributed by atoms with Crippen molar-refractivity contribution in [3.05, 3.63) is 29.6 Å². The molecule has 0 spiro atoms. The number of hydrogen-bond acceptors (Lipinski definition) is 2. The fourth-order valence-corrected chi connectivity index (χ4v) is 1.22. The molecule has 0 fully saturated rings. The fourth-order valence-electron chi connectivity index (χ4n) is 0.773. The standard InChI is InChI=1S/C8H5BrFNS/c9-4-6-1-2-8(11-5-12)7(10)3-6/h1-3H,4H2. The number of hydrogen-bond donors (Lipinski definition) is 0. The molecule has 0 N–H and O–H groups in total. The molecule has 0 saturated carbocycles. The average Bonchev–Trinajstić information content (AvgIpc) is 2.09. The van der Waals surface area contributed by atoms with Crippen LogP contribution >= 0.6 is 28.1 Å². The monoisotopic (exact) mass is 245 g/mol. The van der Waals surface area contributed by atoms with Gasteiger partial charge in [0, 0.05) is 5.33 Å². The van der Waals surface area contributed by atoms with Crippen molar-refractivity contribution in [1.29, 1.82) is 0 Å². The van der Waals surface area contributed by atoms with Crippen molar-refractivity contribution in [3.63, 3.8) is 0 Å². The van der Waals surface area contributed by atoms with E-state index in [4.69, 9.17) is 0 Å². The average molecular weight is 246 g/mol. The lowest BCUT2D eigenvalue weighted by atomic mass is 10.2. The Morgan fingerprint density at radius 1 is 1.58 bits per heavy atom. The molecule has 1 rings (SSSR count). The Morgan fingerprint density at radius 3 is 2.83 bits per heavy atom. The summed E-state index contributed by atoms with van der Waals surface area (Å²) in [5.41, 5.74) is 1.10. The number of isothiocyanates is 1. The summed E-state index contributed by atoms with van der Waals surface area (Å²) in [5.74, 6) is -0.371. The minimum Gasteiger partial charge on any atom is -0.205 e. The Kier molecular flexibility index (Phi) is 3.53. The number of alkyl halides is 1. The molecule has 1 nitrogen and oxygen atoms in total. The third-order valence-electron chi connectivity index (χ3n) is 1.33. The first-order valence-electron chi connectivity index (χ1n) is 3.20. The third-order valence-corrected chi connectivity index (χ3v) is 2.07. The van der Waals surface area contributed by atoms with E-state index in [0.717, 1.165) is 5.56 Å². The molecule has 0 heterocycles. The zero-order valence-corrected chi connectivity index (χ0v) is 8.45. The lowest BCUT2D eigenvalue weighted by Gasteiger charge is -1.97. The van der Waals surface area contributed by atoms with E-state index in [9.17, 15) is 4.39 Å². The maximum Gasteiger partial charge on any atom is 0.149 e. The summed E-state index contributed by atoms with van der Waals surface area (Å²) in [7, 11) is 0. The van der Waals surface area contributed by atoms with Gasteiger partial charge in [0.2, 0.25) is 0 Å². The van der Waals surface area contributed by atoms with E-state index in [1.54, 1.807) is 12.1 Å². The van der Waals surface area contributed by atoms with Crippen LogP contribution in [0.1, 0.15) is 5.56 Å². The number of nitrogens with zero attached hydrogens (tertiary/aromatic N) is 1. The van der Waals surface area contributed by atoms with E-state index in [0.29, 0.717) is 5.33 Å². The van der Waals surface area contributed by atoms with Gasteiger partial charge in [0.15, 0.2) is 0 Å². The first-order chi connectivity index (χ1) is 5.77. The van der Waals surface area contributed by atoms with E-state index >= 15 is 0 Å². The highest BCUT2D eigenvalue weighted by molar-refractivity contribution is 9.08. The van der Waals surface area contributed by atoms with E-state index in [1.165, 1.54) is 6.07 Å². The predicted octanol–water partition coefficient (Wildman–Crippen LogP) is 3.45. The van der Waals surface area contributed by atoms with Gasteiger partial charge in [0.1, 0.15) is 11.5 Å². The maximum atomic E-state index is 13.0. The molecule has 0 bridgehead atoms. The summed E-state index contributed by atoms with van der Waals surface area (Å²) in [5, 5.41) is 2.75. The molecule has 4 heteroatoms. The molecular weight excluding hydrogens is 241 g/mol. The number of halogens is 2. The van der Waals surface area contributed by atoms with Gasteiger partial charge in [0.25, 0.3) is 0 Å². The second-order valence-corrected chi connectivity index (χ2v) is 2.87. The normalized spacial score (nSPS) is 9.17. The van der Waals surface area contributed by atoms with Crippen LogP contribution in [-0.4, -0.2) is 5.16 Å². The van der Waals surface area contributed by atoms with Crippen LogP contribution in [0.3, 0.4) is 0 Å². The van der Waals surface area contributed by atoms with Crippen molar-refractivity contribution in [1.82, 2.24) is 0 Å². The van der Waals surface area contributed by atoms with Gasteiger partial charge in [-0.15, -0.1) is 0 Å². The summed E-state index contributed by atoms with van der Waals surface area (Å²) >= 11 is 7.58. The Balaban J connectivity index is 3.11. The van der Waals surface area contributed by atoms with Crippen molar-refractivity contribution in [3.8, 4) is 0 Å². The van der Waals surface area contributed by atoms with Gasteiger partial charge >= 0.3 is 0 Å². The summed E-state index contributed by atoms with van der Waals surface area (Å²) < 4.78 is 13.0. The smallest absolute Gasteiger partial charge is 0.149 e. The largest absolute Gasteiger partial charge is 0.205 e. The summed E-state index contributed by atoms with van der Waals surface area (Å²) in [6, 6.07) is 4.77. The highest BCUT2D eigenvalue weighted by Crippen LogP contribution is 2.19. The number of rotatable bonds is 2. The number of benzene rings is 1. The molecule has 0 atom stereocenters. The molecule has 1 aromatic carbocycles. The highest BCUT2D eigenvalue weighted by Gasteiger charge is 2.00. The molecule has 0 aromatic heterocycles. The lowest BCUT2D eigenvalue weighted by Crippen LogP contribution is -1.80. The van der Waals surface area contributed by atoms with Gasteiger partial charge in [-0.3, -0.25) is 0 Å². The first-order valence-corrected chi connectivity index (χ1v) is 4.73. The Hall–Kier alpha value is -0.570. The molecule has 62 valence electrons. The molecule has 0 aliphatic carbocycles. The third kappa shape index (κ3) is 2.21. The Morgan fingerprint density at radius 2 is 2.33 bits per heavy atom. The van der Waals surface area contributed by atoms with E-state index < -0.39 is 0 Å².